The van der Waals surface area contributed by atoms with Crippen LogP contribution < -0.4 is 0 Å². The molecule has 82 valence electrons. The van der Waals surface area contributed by atoms with E-state index in [1.54, 1.807) is 12.1 Å². The molecule has 0 N–H and O–H groups in total. The predicted molar refractivity (Wildman–Crippen MR) is 64.0 cm³/mol. The molecule has 0 saturated heterocycles. The minimum absolute atomic E-state index is 0.0877. The highest BCUT2D eigenvalue weighted by molar-refractivity contribution is 5.41. The van der Waals surface area contributed by atoms with Gasteiger partial charge in [-0.25, -0.2) is 0 Å². The van der Waals surface area contributed by atoms with Gasteiger partial charge in [0, 0.05) is 23.6 Å². The van der Waals surface area contributed by atoms with Crippen LogP contribution in [-0.2, 0) is 0 Å². The van der Waals surface area contributed by atoms with E-state index >= 15 is 0 Å². The summed E-state index contributed by atoms with van der Waals surface area (Å²) < 4.78 is 0. The zero-order chi connectivity index (χ0) is 12.0. The van der Waals surface area contributed by atoms with Crippen molar-refractivity contribution in [2.45, 2.75) is 13.3 Å². The van der Waals surface area contributed by atoms with Crippen molar-refractivity contribution in [2.24, 2.45) is 5.92 Å². The third-order valence-electron chi connectivity index (χ3n) is 2.06. The van der Waals surface area contributed by atoms with E-state index in [1.807, 2.05) is 13.0 Å². The average molecular weight is 215 g/mol. The van der Waals surface area contributed by atoms with Gasteiger partial charge in [-0.15, -0.1) is 6.58 Å². The number of nitrogens with zero attached hydrogens (tertiary/aromatic N) is 1. The Kier molecular flexibility index (Phi) is 4.28. The fraction of sp³-hybridized carbons (Fsp3) is 0.231. The van der Waals surface area contributed by atoms with Crippen LogP contribution in [0.2, 0.25) is 0 Å². The molecule has 0 aromatic heterocycles. The lowest BCUT2D eigenvalue weighted by atomic mass is 10.1. The second kappa shape index (κ2) is 5.72. The van der Waals surface area contributed by atoms with Crippen molar-refractivity contribution < 1.29 is 4.92 Å². The second-order valence-corrected chi connectivity index (χ2v) is 3.50. The van der Waals surface area contributed by atoms with Crippen LogP contribution in [0.25, 0.3) is 0 Å². The Morgan fingerprint density at radius 2 is 2.12 bits per heavy atom. The van der Waals surface area contributed by atoms with Gasteiger partial charge in [-0.1, -0.05) is 24.8 Å². The SMILES string of the molecule is C=CCC(C)C#Cc1ccc([N+](=O)[O-])cc1. The van der Waals surface area contributed by atoms with E-state index in [4.69, 9.17) is 0 Å². The van der Waals surface area contributed by atoms with Gasteiger partial charge in [0.15, 0.2) is 0 Å². The van der Waals surface area contributed by atoms with Crippen molar-refractivity contribution in [3.8, 4) is 11.8 Å². The molecule has 0 spiro atoms. The quantitative estimate of drug-likeness (QED) is 0.336. The summed E-state index contributed by atoms with van der Waals surface area (Å²) in [5.41, 5.74) is 0.881. The summed E-state index contributed by atoms with van der Waals surface area (Å²) in [5.74, 6) is 6.29. The molecule has 0 fully saturated rings. The van der Waals surface area contributed by atoms with Crippen LogP contribution in [0.3, 0.4) is 0 Å². The standard InChI is InChI=1S/C13H13NO2/c1-3-4-11(2)5-6-12-7-9-13(10-8-12)14(15)16/h3,7-11H,1,4H2,2H3. The Morgan fingerprint density at radius 1 is 1.50 bits per heavy atom. The first-order chi connectivity index (χ1) is 7.63. The van der Waals surface area contributed by atoms with Crippen molar-refractivity contribution in [3.05, 3.63) is 52.6 Å². The number of hydrogen-bond donors (Lipinski definition) is 0. The molecule has 1 atom stereocenters. The monoisotopic (exact) mass is 215 g/mol. The zero-order valence-corrected chi connectivity index (χ0v) is 9.14. The summed E-state index contributed by atoms with van der Waals surface area (Å²) in [7, 11) is 0. The first kappa shape index (κ1) is 12.0. The largest absolute Gasteiger partial charge is 0.269 e. The van der Waals surface area contributed by atoms with Crippen LogP contribution in [0.15, 0.2) is 36.9 Å². The van der Waals surface area contributed by atoms with Crippen LogP contribution in [0.1, 0.15) is 18.9 Å². The highest BCUT2D eigenvalue weighted by Gasteiger charge is 2.02. The molecule has 0 aliphatic carbocycles. The first-order valence-corrected chi connectivity index (χ1v) is 5.00. The molecular formula is C13H13NO2. The molecular weight excluding hydrogens is 202 g/mol. The number of nitro groups is 1. The van der Waals surface area contributed by atoms with E-state index < -0.39 is 4.92 Å². The van der Waals surface area contributed by atoms with Gasteiger partial charge in [0.25, 0.3) is 5.69 Å². The third-order valence-corrected chi connectivity index (χ3v) is 2.06. The fourth-order valence-electron chi connectivity index (χ4n) is 1.18. The minimum atomic E-state index is -0.419. The molecule has 1 aromatic rings. The highest BCUT2D eigenvalue weighted by Crippen LogP contribution is 2.11. The van der Waals surface area contributed by atoms with Crippen molar-refractivity contribution in [3.63, 3.8) is 0 Å². The second-order valence-electron chi connectivity index (χ2n) is 3.50. The van der Waals surface area contributed by atoms with E-state index in [1.165, 1.54) is 12.1 Å². The maximum atomic E-state index is 10.4. The topological polar surface area (TPSA) is 43.1 Å². The summed E-state index contributed by atoms with van der Waals surface area (Å²) in [5, 5.41) is 10.4. The molecule has 0 heterocycles. The van der Waals surface area contributed by atoms with Gasteiger partial charge in [-0.2, -0.15) is 0 Å². The van der Waals surface area contributed by atoms with Gasteiger partial charge < -0.3 is 0 Å². The number of non-ortho nitro benzene ring substituents is 1. The van der Waals surface area contributed by atoms with Gasteiger partial charge in [0.1, 0.15) is 0 Å². The first-order valence-electron chi connectivity index (χ1n) is 5.00. The lowest BCUT2D eigenvalue weighted by Crippen LogP contribution is -1.88. The summed E-state index contributed by atoms with van der Waals surface area (Å²) in [6.07, 6.45) is 2.68. The molecule has 0 amide bonds. The van der Waals surface area contributed by atoms with Crippen LogP contribution >= 0.6 is 0 Å². The molecule has 0 bridgehead atoms. The fourth-order valence-corrected chi connectivity index (χ4v) is 1.18. The minimum Gasteiger partial charge on any atom is -0.258 e. The Hall–Kier alpha value is -2.08. The lowest BCUT2D eigenvalue weighted by Gasteiger charge is -1.96. The van der Waals surface area contributed by atoms with Crippen LogP contribution in [0.5, 0.6) is 0 Å². The van der Waals surface area contributed by atoms with E-state index in [-0.39, 0.29) is 11.6 Å². The smallest absolute Gasteiger partial charge is 0.258 e. The molecule has 0 radical (unpaired) electrons. The average Bonchev–Trinajstić information content (AvgIpc) is 2.27. The predicted octanol–water partition coefficient (Wildman–Crippen LogP) is 3.16. The summed E-state index contributed by atoms with van der Waals surface area (Å²) in [6, 6.07) is 6.24. The molecule has 0 aliphatic heterocycles. The lowest BCUT2D eigenvalue weighted by molar-refractivity contribution is -0.384. The number of nitro benzene ring substituents is 1. The normalized spacial score (nSPS) is 11.1. The van der Waals surface area contributed by atoms with E-state index in [2.05, 4.69) is 18.4 Å². The van der Waals surface area contributed by atoms with Gasteiger partial charge >= 0.3 is 0 Å². The van der Waals surface area contributed by atoms with Gasteiger partial charge in [-0.05, 0) is 18.6 Å². The summed E-state index contributed by atoms with van der Waals surface area (Å²) in [6.45, 7) is 5.66. The highest BCUT2D eigenvalue weighted by atomic mass is 16.6. The molecule has 3 heteroatoms. The van der Waals surface area contributed by atoms with Crippen LogP contribution in [0.4, 0.5) is 5.69 Å². The third kappa shape index (κ3) is 3.58. The molecule has 1 unspecified atom stereocenters. The zero-order valence-electron chi connectivity index (χ0n) is 9.14. The van der Waals surface area contributed by atoms with Crippen molar-refractivity contribution in [1.82, 2.24) is 0 Å². The Labute approximate surface area is 94.9 Å². The van der Waals surface area contributed by atoms with Crippen LogP contribution in [-0.4, -0.2) is 4.92 Å². The van der Waals surface area contributed by atoms with Crippen molar-refractivity contribution in [1.29, 1.82) is 0 Å². The maximum absolute atomic E-state index is 10.4. The van der Waals surface area contributed by atoms with Gasteiger partial charge in [0.2, 0.25) is 0 Å². The molecule has 1 aromatic carbocycles. The summed E-state index contributed by atoms with van der Waals surface area (Å²) in [4.78, 5) is 10.0. The number of rotatable bonds is 3. The summed E-state index contributed by atoms with van der Waals surface area (Å²) >= 11 is 0. The molecule has 1 rings (SSSR count). The Morgan fingerprint density at radius 3 is 2.62 bits per heavy atom. The van der Waals surface area contributed by atoms with Crippen molar-refractivity contribution in [2.75, 3.05) is 0 Å². The Balaban J connectivity index is 2.75. The van der Waals surface area contributed by atoms with Crippen LogP contribution in [0, 0.1) is 27.9 Å². The molecule has 0 saturated carbocycles. The molecule has 3 nitrogen and oxygen atoms in total. The number of hydrogen-bond acceptors (Lipinski definition) is 2. The Bertz CT molecular complexity index is 437. The molecule has 0 aliphatic rings. The van der Waals surface area contributed by atoms with Gasteiger partial charge in [-0.3, -0.25) is 10.1 Å². The van der Waals surface area contributed by atoms with E-state index in [0.717, 1.165) is 12.0 Å². The van der Waals surface area contributed by atoms with E-state index in [0.29, 0.717) is 0 Å². The molecule has 16 heavy (non-hydrogen) atoms. The number of allylic oxidation sites excluding steroid dienone is 1. The number of benzene rings is 1. The van der Waals surface area contributed by atoms with Crippen molar-refractivity contribution >= 4 is 5.69 Å². The van der Waals surface area contributed by atoms with Gasteiger partial charge in [0.05, 0.1) is 4.92 Å². The van der Waals surface area contributed by atoms with E-state index in [9.17, 15) is 10.1 Å². The maximum Gasteiger partial charge on any atom is 0.269 e.